The summed E-state index contributed by atoms with van der Waals surface area (Å²) >= 11 is 0. The molecule has 1 unspecified atom stereocenters. The first kappa shape index (κ1) is 16.8. The highest BCUT2D eigenvalue weighted by atomic mass is 16.4. The lowest BCUT2D eigenvalue weighted by Crippen LogP contribution is -2.46. The topological polar surface area (TPSA) is 87.7 Å². The third-order valence-electron chi connectivity index (χ3n) is 4.27. The van der Waals surface area contributed by atoms with E-state index in [4.69, 9.17) is 10.9 Å². The highest BCUT2D eigenvalue weighted by molar-refractivity contribution is 6.02. The van der Waals surface area contributed by atoms with E-state index in [0.29, 0.717) is 0 Å². The second-order valence-electron chi connectivity index (χ2n) is 6.26. The van der Waals surface area contributed by atoms with E-state index < -0.39 is 5.92 Å². The molecule has 1 amide bonds. The molecule has 0 heterocycles. The molecule has 0 aromatic rings. The fourth-order valence-electron chi connectivity index (χ4n) is 3.14. The van der Waals surface area contributed by atoms with Gasteiger partial charge in [0.05, 0.1) is 0 Å². The number of nitrogens with zero attached hydrogens (tertiary/aromatic N) is 1. The fourth-order valence-corrected chi connectivity index (χ4v) is 3.14. The summed E-state index contributed by atoms with van der Waals surface area (Å²) in [4.78, 5) is 12.3. The van der Waals surface area contributed by atoms with Crippen LogP contribution in [0.25, 0.3) is 0 Å². The van der Waals surface area contributed by atoms with Gasteiger partial charge in [-0.15, -0.1) is 0 Å². The first-order chi connectivity index (χ1) is 9.49. The van der Waals surface area contributed by atoms with E-state index in [-0.39, 0.29) is 23.7 Å². The summed E-state index contributed by atoms with van der Waals surface area (Å²) < 4.78 is 0. The minimum Gasteiger partial charge on any atom is -0.409 e. The summed E-state index contributed by atoms with van der Waals surface area (Å²) in [6.45, 7) is 6.03. The van der Waals surface area contributed by atoms with Gasteiger partial charge in [0.2, 0.25) is 5.91 Å². The lowest BCUT2D eigenvalue weighted by Gasteiger charge is -2.30. The summed E-state index contributed by atoms with van der Waals surface area (Å²) in [6.07, 6.45) is 6.98. The fraction of sp³-hybridized carbons (Fsp3) is 0.867. The summed E-state index contributed by atoms with van der Waals surface area (Å²) in [5.41, 5.74) is 5.62. The van der Waals surface area contributed by atoms with Crippen molar-refractivity contribution in [3.05, 3.63) is 0 Å². The van der Waals surface area contributed by atoms with E-state index in [2.05, 4.69) is 17.4 Å². The quantitative estimate of drug-likeness (QED) is 0.303. The minimum atomic E-state index is -0.548. The SMILES string of the molecule is CCCC1CCC(NC(=O)C(C(N)=NO)C(C)C)CC1. The van der Waals surface area contributed by atoms with Gasteiger partial charge in [0.1, 0.15) is 5.92 Å². The van der Waals surface area contributed by atoms with Crippen molar-refractivity contribution in [2.45, 2.75) is 65.3 Å². The van der Waals surface area contributed by atoms with Gasteiger partial charge < -0.3 is 16.3 Å². The Morgan fingerprint density at radius 3 is 2.40 bits per heavy atom. The monoisotopic (exact) mass is 283 g/mol. The Hall–Kier alpha value is -1.26. The molecule has 0 bridgehead atoms. The first-order valence-electron chi connectivity index (χ1n) is 7.77. The molecule has 1 atom stereocenters. The summed E-state index contributed by atoms with van der Waals surface area (Å²) in [5, 5.41) is 14.8. The number of nitrogens with one attached hydrogen (secondary N) is 1. The van der Waals surface area contributed by atoms with Gasteiger partial charge in [-0.2, -0.15) is 0 Å². The number of hydrogen-bond donors (Lipinski definition) is 3. The predicted molar refractivity (Wildman–Crippen MR) is 80.5 cm³/mol. The first-order valence-corrected chi connectivity index (χ1v) is 7.77. The molecule has 20 heavy (non-hydrogen) atoms. The highest BCUT2D eigenvalue weighted by Gasteiger charge is 2.29. The molecule has 1 fully saturated rings. The molecule has 0 radical (unpaired) electrons. The van der Waals surface area contributed by atoms with Crippen LogP contribution in [0.5, 0.6) is 0 Å². The van der Waals surface area contributed by atoms with Crippen LogP contribution < -0.4 is 11.1 Å². The van der Waals surface area contributed by atoms with Crippen molar-refractivity contribution < 1.29 is 10.0 Å². The molecular formula is C15H29N3O2. The molecule has 0 aromatic carbocycles. The standard InChI is InChI=1S/C15H29N3O2/c1-4-5-11-6-8-12(9-7-11)17-15(19)13(10(2)3)14(16)18-20/h10-13,20H,4-9H2,1-3H3,(H2,16,18)(H,17,19). The number of amidine groups is 1. The van der Waals surface area contributed by atoms with Crippen molar-refractivity contribution in [3.63, 3.8) is 0 Å². The second-order valence-corrected chi connectivity index (χ2v) is 6.26. The third kappa shape index (κ3) is 4.69. The van der Waals surface area contributed by atoms with Crippen molar-refractivity contribution in [3.8, 4) is 0 Å². The van der Waals surface area contributed by atoms with Gasteiger partial charge in [0.25, 0.3) is 0 Å². The zero-order valence-corrected chi connectivity index (χ0v) is 12.9. The molecule has 0 aromatic heterocycles. The van der Waals surface area contributed by atoms with Crippen LogP contribution in [0, 0.1) is 17.8 Å². The zero-order valence-electron chi connectivity index (χ0n) is 12.9. The maximum absolute atomic E-state index is 12.3. The van der Waals surface area contributed by atoms with Gasteiger partial charge >= 0.3 is 0 Å². The molecule has 5 heteroatoms. The van der Waals surface area contributed by atoms with Gasteiger partial charge in [-0.1, -0.05) is 38.8 Å². The number of rotatable bonds is 6. The van der Waals surface area contributed by atoms with Crippen LogP contribution in [0.4, 0.5) is 0 Å². The molecule has 0 spiro atoms. The van der Waals surface area contributed by atoms with Crippen LogP contribution in [-0.4, -0.2) is 23.0 Å². The van der Waals surface area contributed by atoms with Gasteiger partial charge in [-0.05, 0) is 37.5 Å². The van der Waals surface area contributed by atoms with Crippen LogP contribution in [0.1, 0.15) is 59.3 Å². The molecule has 4 N–H and O–H groups in total. The normalized spacial score (nSPS) is 25.5. The number of carbonyl (C=O) groups is 1. The molecule has 1 aliphatic carbocycles. The van der Waals surface area contributed by atoms with Gasteiger partial charge in [0.15, 0.2) is 5.84 Å². The number of oxime groups is 1. The summed E-state index contributed by atoms with van der Waals surface area (Å²) in [5.74, 6) is 0.167. The number of nitrogens with two attached hydrogens (primary N) is 1. The largest absolute Gasteiger partial charge is 0.409 e. The van der Waals surface area contributed by atoms with E-state index in [1.165, 1.54) is 25.7 Å². The molecule has 1 saturated carbocycles. The van der Waals surface area contributed by atoms with Gasteiger partial charge in [-0.3, -0.25) is 4.79 Å². The number of carbonyl (C=O) groups excluding carboxylic acids is 1. The Balaban J connectivity index is 2.50. The number of amides is 1. The van der Waals surface area contributed by atoms with Crippen molar-refractivity contribution >= 4 is 11.7 Å². The average Bonchev–Trinajstić information content (AvgIpc) is 2.40. The van der Waals surface area contributed by atoms with Crippen LogP contribution in [0.15, 0.2) is 5.16 Å². The average molecular weight is 283 g/mol. The minimum absolute atomic E-state index is 0.00262. The van der Waals surface area contributed by atoms with Gasteiger partial charge in [-0.25, -0.2) is 0 Å². The van der Waals surface area contributed by atoms with E-state index in [1.807, 2.05) is 13.8 Å². The Morgan fingerprint density at radius 2 is 1.95 bits per heavy atom. The summed E-state index contributed by atoms with van der Waals surface area (Å²) in [6, 6.07) is 0.239. The van der Waals surface area contributed by atoms with E-state index in [1.54, 1.807) is 0 Å². The smallest absolute Gasteiger partial charge is 0.231 e. The molecule has 0 saturated heterocycles. The predicted octanol–water partition coefficient (Wildman–Crippen LogP) is 2.48. The van der Waals surface area contributed by atoms with Crippen LogP contribution in [0.3, 0.4) is 0 Å². The lowest BCUT2D eigenvalue weighted by atomic mass is 9.83. The van der Waals surface area contributed by atoms with Crippen molar-refractivity contribution in [1.29, 1.82) is 0 Å². The van der Waals surface area contributed by atoms with Crippen LogP contribution in [-0.2, 0) is 4.79 Å². The third-order valence-corrected chi connectivity index (χ3v) is 4.27. The van der Waals surface area contributed by atoms with Crippen LogP contribution in [0.2, 0.25) is 0 Å². The molecule has 1 aliphatic rings. The van der Waals surface area contributed by atoms with Crippen LogP contribution >= 0.6 is 0 Å². The maximum Gasteiger partial charge on any atom is 0.231 e. The van der Waals surface area contributed by atoms with Crippen molar-refractivity contribution in [2.75, 3.05) is 0 Å². The van der Waals surface area contributed by atoms with E-state index in [0.717, 1.165) is 18.8 Å². The van der Waals surface area contributed by atoms with Crippen molar-refractivity contribution in [1.82, 2.24) is 5.32 Å². The highest BCUT2D eigenvalue weighted by Crippen LogP contribution is 2.28. The molecule has 116 valence electrons. The maximum atomic E-state index is 12.3. The lowest BCUT2D eigenvalue weighted by molar-refractivity contribution is -0.125. The Bertz CT molecular complexity index is 334. The van der Waals surface area contributed by atoms with E-state index in [9.17, 15) is 4.79 Å². The second kappa shape index (κ2) is 8.12. The van der Waals surface area contributed by atoms with Crippen molar-refractivity contribution in [2.24, 2.45) is 28.6 Å². The Morgan fingerprint density at radius 1 is 1.35 bits per heavy atom. The molecule has 0 aliphatic heterocycles. The molecule has 5 nitrogen and oxygen atoms in total. The Labute approximate surface area is 122 Å². The van der Waals surface area contributed by atoms with E-state index >= 15 is 0 Å². The number of hydrogen-bond acceptors (Lipinski definition) is 3. The molecular weight excluding hydrogens is 254 g/mol. The zero-order chi connectivity index (χ0) is 15.1. The summed E-state index contributed by atoms with van der Waals surface area (Å²) in [7, 11) is 0. The Kier molecular flexibility index (Phi) is 6.82. The molecule has 1 rings (SSSR count). The van der Waals surface area contributed by atoms with Gasteiger partial charge in [0, 0.05) is 6.04 Å².